The van der Waals surface area contributed by atoms with Crippen LogP contribution in [-0.4, -0.2) is 23.0 Å². The fourth-order valence-corrected chi connectivity index (χ4v) is 3.35. The lowest BCUT2D eigenvalue weighted by atomic mass is 10.3. The molecule has 6 nitrogen and oxygen atoms in total. The number of pyridine rings is 1. The minimum Gasteiger partial charge on any atom is -0.327 e. The zero-order valence-corrected chi connectivity index (χ0v) is 13.2. The van der Waals surface area contributed by atoms with Crippen LogP contribution in [0.2, 0.25) is 0 Å². The molecule has 1 aromatic carbocycles. The quantitative estimate of drug-likeness (QED) is 0.775. The van der Waals surface area contributed by atoms with Gasteiger partial charge in [-0.05, 0) is 25.1 Å². The van der Waals surface area contributed by atoms with Crippen LogP contribution in [0.1, 0.15) is 12.7 Å². The average Bonchev–Trinajstić information content (AvgIpc) is 2.90. The Morgan fingerprint density at radius 3 is 2.78 bits per heavy atom. The number of hydrogen-bond donors (Lipinski definition) is 1. The molecular formula is C15H15FN4O2S. The maximum Gasteiger partial charge on any atom is 0.242 e. The minimum absolute atomic E-state index is 0.0152. The fourth-order valence-electron chi connectivity index (χ4n) is 2.40. The van der Waals surface area contributed by atoms with Crippen molar-refractivity contribution in [1.29, 1.82) is 0 Å². The van der Waals surface area contributed by atoms with Crippen molar-refractivity contribution in [1.82, 2.24) is 19.3 Å². The number of para-hydroxylation sites is 2. The molecule has 0 saturated heterocycles. The third kappa shape index (κ3) is 3.08. The summed E-state index contributed by atoms with van der Waals surface area (Å²) in [7, 11) is -3.85. The second kappa shape index (κ2) is 6.05. The molecule has 120 valence electrons. The van der Waals surface area contributed by atoms with Crippen molar-refractivity contribution in [2.45, 2.75) is 24.9 Å². The molecule has 0 amide bonds. The Labute approximate surface area is 133 Å². The molecule has 1 N–H and O–H groups in total. The molecule has 3 aromatic rings. The normalized spacial score (nSPS) is 11.9. The molecule has 0 unspecified atom stereocenters. The first-order valence-corrected chi connectivity index (χ1v) is 8.54. The summed E-state index contributed by atoms with van der Waals surface area (Å²) >= 11 is 0. The van der Waals surface area contributed by atoms with Gasteiger partial charge in [0.25, 0.3) is 0 Å². The molecule has 2 heterocycles. The van der Waals surface area contributed by atoms with Gasteiger partial charge in [0, 0.05) is 12.7 Å². The molecule has 0 bridgehead atoms. The van der Waals surface area contributed by atoms with Gasteiger partial charge in [-0.2, -0.15) is 0 Å². The minimum atomic E-state index is -3.85. The topological polar surface area (TPSA) is 76.9 Å². The maximum absolute atomic E-state index is 13.1. The highest BCUT2D eigenvalue weighted by molar-refractivity contribution is 7.89. The van der Waals surface area contributed by atoms with E-state index in [1.54, 1.807) is 0 Å². The zero-order valence-electron chi connectivity index (χ0n) is 12.4. The van der Waals surface area contributed by atoms with Crippen LogP contribution in [0.4, 0.5) is 4.39 Å². The van der Waals surface area contributed by atoms with E-state index in [1.165, 1.54) is 0 Å². The number of rotatable bonds is 5. The highest BCUT2D eigenvalue weighted by Crippen LogP contribution is 2.16. The Morgan fingerprint density at radius 1 is 1.26 bits per heavy atom. The van der Waals surface area contributed by atoms with Gasteiger partial charge in [0.05, 0.1) is 23.8 Å². The van der Waals surface area contributed by atoms with Gasteiger partial charge in [0.15, 0.2) is 0 Å². The van der Waals surface area contributed by atoms with Gasteiger partial charge >= 0.3 is 0 Å². The number of hydrogen-bond acceptors (Lipinski definition) is 4. The molecule has 3 rings (SSSR count). The van der Waals surface area contributed by atoms with E-state index in [0.717, 1.165) is 29.5 Å². The van der Waals surface area contributed by atoms with Crippen LogP contribution in [0.25, 0.3) is 11.0 Å². The number of halogens is 1. The van der Waals surface area contributed by atoms with Crippen molar-refractivity contribution in [2.75, 3.05) is 0 Å². The van der Waals surface area contributed by atoms with Crippen molar-refractivity contribution >= 4 is 21.1 Å². The molecule has 0 atom stereocenters. The van der Waals surface area contributed by atoms with Crippen LogP contribution < -0.4 is 4.72 Å². The Morgan fingerprint density at radius 2 is 2.04 bits per heavy atom. The van der Waals surface area contributed by atoms with E-state index >= 15 is 0 Å². The first-order chi connectivity index (χ1) is 11.0. The second-order valence-corrected chi connectivity index (χ2v) is 6.69. The van der Waals surface area contributed by atoms with E-state index in [4.69, 9.17) is 0 Å². The van der Waals surface area contributed by atoms with E-state index in [-0.39, 0.29) is 11.4 Å². The summed E-state index contributed by atoms with van der Waals surface area (Å²) in [6, 6.07) is 8.51. The highest BCUT2D eigenvalue weighted by Gasteiger charge is 2.17. The van der Waals surface area contributed by atoms with Crippen molar-refractivity contribution in [3.8, 4) is 0 Å². The summed E-state index contributed by atoms with van der Waals surface area (Å²) in [4.78, 5) is 7.79. The van der Waals surface area contributed by atoms with Gasteiger partial charge in [-0.1, -0.05) is 12.1 Å². The lowest BCUT2D eigenvalue weighted by Gasteiger charge is -2.08. The third-order valence-corrected chi connectivity index (χ3v) is 4.83. The van der Waals surface area contributed by atoms with Crippen LogP contribution >= 0.6 is 0 Å². The summed E-state index contributed by atoms with van der Waals surface area (Å²) in [5, 5.41) is 0. The monoisotopic (exact) mass is 334 g/mol. The van der Waals surface area contributed by atoms with Crippen molar-refractivity contribution < 1.29 is 12.8 Å². The number of aromatic nitrogens is 3. The van der Waals surface area contributed by atoms with E-state index in [2.05, 4.69) is 14.7 Å². The summed E-state index contributed by atoms with van der Waals surface area (Å²) in [6.45, 7) is 2.64. The fraction of sp³-hybridized carbons (Fsp3) is 0.200. The first-order valence-electron chi connectivity index (χ1n) is 7.05. The molecular weight excluding hydrogens is 319 g/mol. The van der Waals surface area contributed by atoms with Gasteiger partial charge in [0.2, 0.25) is 10.0 Å². The third-order valence-electron chi connectivity index (χ3n) is 3.46. The number of aryl methyl sites for hydroxylation is 1. The van der Waals surface area contributed by atoms with Crippen LogP contribution in [0.5, 0.6) is 0 Å². The van der Waals surface area contributed by atoms with Gasteiger partial charge in [-0.15, -0.1) is 0 Å². The number of nitrogens with zero attached hydrogens (tertiary/aromatic N) is 3. The Kier molecular flexibility index (Phi) is 4.10. The van der Waals surface area contributed by atoms with Crippen LogP contribution in [0, 0.1) is 5.82 Å². The highest BCUT2D eigenvalue weighted by atomic mass is 32.2. The summed E-state index contributed by atoms with van der Waals surface area (Å²) < 4.78 is 42.0. The van der Waals surface area contributed by atoms with Gasteiger partial charge < -0.3 is 4.57 Å². The van der Waals surface area contributed by atoms with E-state index < -0.39 is 15.8 Å². The number of benzene rings is 1. The number of fused-ring (bicyclic) bond motifs is 1. The van der Waals surface area contributed by atoms with Crippen molar-refractivity contribution in [3.63, 3.8) is 0 Å². The molecule has 0 spiro atoms. The van der Waals surface area contributed by atoms with Gasteiger partial charge in [-0.3, -0.25) is 4.98 Å². The zero-order chi connectivity index (χ0) is 16.4. The van der Waals surface area contributed by atoms with E-state index in [9.17, 15) is 12.8 Å². The predicted molar refractivity (Wildman–Crippen MR) is 83.6 cm³/mol. The summed E-state index contributed by atoms with van der Waals surface area (Å²) in [6.07, 6.45) is 2.06. The molecule has 0 aliphatic heterocycles. The molecule has 0 fully saturated rings. The number of imidazole rings is 1. The molecule has 0 radical (unpaired) electrons. The molecule has 23 heavy (non-hydrogen) atoms. The SMILES string of the molecule is CCn1c(CNS(=O)(=O)c2cncc(F)c2)nc2ccccc21. The largest absolute Gasteiger partial charge is 0.327 e. The van der Waals surface area contributed by atoms with E-state index in [0.29, 0.717) is 12.4 Å². The Hall–Kier alpha value is -2.32. The molecule has 2 aromatic heterocycles. The number of sulfonamides is 1. The first kappa shape index (κ1) is 15.6. The summed E-state index contributed by atoms with van der Waals surface area (Å²) in [5.74, 6) is -0.102. The molecule has 8 heteroatoms. The van der Waals surface area contributed by atoms with Gasteiger partial charge in [0.1, 0.15) is 16.5 Å². The molecule has 0 aliphatic carbocycles. The smallest absolute Gasteiger partial charge is 0.242 e. The van der Waals surface area contributed by atoms with Crippen molar-refractivity contribution in [3.05, 3.63) is 54.4 Å². The van der Waals surface area contributed by atoms with Crippen LogP contribution in [-0.2, 0) is 23.1 Å². The second-order valence-electron chi connectivity index (χ2n) is 4.92. The predicted octanol–water partition coefficient (Wildman–Crippen LogP) is 2.07. The van der Waals surface area contributed by atoms with Crippen molar-refractivity contribution in [2.24, 2.45) is 0 Å². The standard InChI is InChI=1S/C15H15FN4O2S/c1-2-20-14-6-4-3-5-13(14)19-15(20)10-18-23(21,22)12-7-11(16)8-17-9-12/h3-9,18H,2,10H2,1H3. The maximum atomic E-state index is 13.1. The summed E-state index contributed by atoms with van der Waals surface area (Å²) in [5.41, 5.74) is 1.74. The molecule has 0 aliphatic rings. The lowest BCUT2D eigenvalue weighted by molar-refractivity contribution is 0.571. The number of nitrogens with one attached hydrogen (secondary N) is 1. The lowest BCUT2D eigenvalue weighted by Crippen LogP contribution is -2.25. The van der Waals surface area contributed by atoms with E-state index in [1.807, 2.05) is 35.8 Å². The van der Waals surface area contributed by atoms with Crippen LogP contribution in [0.15, 0.2) is 47.6 Å². The van der Waals surface area contributed by atoms with Gasteiger partial charge in [-0.25, -0.2) is 22.5 Å². The Bertz CT molecular complexity index is 953. The average molecular weight is 334 g/mol. The van der Waals surface area contributed by atoms with Crippen LogP contribution in [0.3, 0.4) is 0 Å². The molecule has 0 saturated carbocycles. The Balaban J connectivity index is 1.88.